The van der Waals surface area contributed by atoms with Gasteiger partial charge in [-0.05, 0) is 25.0 Å². The molecule has 1 heterocycles. The number of halogens is 1. The fraction of sp³-hybridized carbons (Fsp3) is 0.429. The first-order valence-corrected chi connectivity index (χ1v) is 7.25. The lowest BCUT2D eigenvalue weighted by molar-refractivity contribution is 0.0402. The Hall–Kier alpha value is -1.20. The monoisotopic (exact) mass is 322 g/mol. The van der Waals surface area contributed by atoms with Gasteiger partial charge in [-0.3, -0.25) is 0 Å². The Labute approximate surface area is 120 Å². The molecule has 19 heavy (non-hydrogen) atoms. The highest BCUT2D eigenvalue weighted by Crippen LogP contribution is 2.32. The third-order valence-corrected chi connectivity index (χ3v) is 4.06. The number of nitrogens with zero attached hydrogens (tertiary/aromatic N) is 2. The highest BCUT2D eigenvalue weighted by atomic mass is 79.9. The predicted molar refractivity (Wildman–Crippen MR) is 74.6 cm³/mol. The van der Waals surface area contributed by atoms with Gasteiger partial charge in [0.25, 0.3) is 0 Å². The van der Waals surface area contributed by atoms with Crippen molar-refractivity contribution in [1.82, 2.24) is 10.1 Å². The first kappa shape index (κ1) is 12.8. The molecule has 1 saturated carbocycles. The smallest absolute Gasteiger partial charge is 0.229 e. The second-order valence-corrected chi connectivity index (χ2v) is 6.05. The van der Waals surface area contributed by atoms with Gasteiger partial charge in [-0.25, -0.2) is 0 Å². The standard InChI is InChI=1S/C14H15BrN2O2/c15-11-5-3-4-10(8-11)13-16-12(19-17-13)9-14(18)6-1-2-7-14/h3-5,8,18H,1-2,6-7,9H2. The van der Waals surface area contributed by atoms with Crippen molar-refractivity contribution in [3.63, 3.8) is 0 Å². The van der Waals surface area contributed by atoms with Gasteiger partial charge in [0.2, 0.25) is 11.7 Å². The summed E-state index contributed by atoms with van der Waals surface area (Å²) in [5.74, 6) is 1.08. The Balaban J connectivity index is 1.79. The Morgan fingerprint density at radius 3 is 2.84 bits per heavy atom. The van der Waals surface area contributed by atoms with Crippen molar-refractivity contribution in [2.45, 2.75) is 37.7 Å². The van der Waals surface area contributed by atoms with Crippen LogP contribution in [0.15, 0.2) is 33.3 Å². The van der Waals surface area contributed by atoms with E-state index in [2.05, 4.69) is 26.1 Å². The lowest BCUT2D eigenvalue weighted by atomic mass is 9.98. The minimum absolute atomic E-state index is 0.452. The van der Waals surface area contributed by atoms with Gasteiger partial charge in [0.05, 0.1) is 12.0 Å². The maximum absolute atomic E-state index is 10.3. The summed E-state index contributed by atoms with van der Waals surface area (Å²) in [4.78, 5) is 4.37. The summed E-state index contributed by atoms with van der Waals surface area (Å²) in [6.45, 7) is 0. The molecule has 4 nitrogen and oxygen atoms in total. The van der Waals surface area contributed by atoms with Crippen LogP contribution in [-0.2, 0) is 6.42 Å². The van der Waals surface area contributed by atoms with Crippen molar-refractivity contribution in [3.05, 3.63) is 34.6 Å². The fourth-order valence-corrected chi connectivity index (χ4v) is 2.96. The lowest BCUT2D eigenvalue weighted by Gasteiger charge is -2.18. The minimum atomic E-state index is -0.652. The Bertz CT molecular complexity index is 576. The van der Waals surface area contributed by atoms with E-state index in [-0.39, 0.29) is 0 Å². The number of aromatic nitrogens is 2. The van der Waals surface area contributed by atoms with Crippen molar-refractivity contribution in [3.8, 4) is 11.4 Å². The summed E-state index contributed by atoms with van der Waals surface area (Å²) < 4.78 is 6.23. The van der Waals surface area contributed by atoms with Crippen LogP contribution in [-0.4, -0.2) is 20.8 Å². The number of rotatable bonds is 3. The van der Waals surface area contributed by atoms with E-state index < -0.39 is 5.60 Å². The van der Waals surface area contributed by atoms with Crippen molar-refractivity contribution in [1.29, 1.82) is 0 Å². The second kappa shape index (κ2) is 5.06. The van der Waals surface area contributed by atoms with Gasteiger partial charge >= 0.3 is 0 Å². The molecule has 3 rings (SSSR count). The highest BCUT2D eigenvalue weighted by Gasteiger charge is 2.33. The molecule has 1 aliphatic carbocycles. The normalized spacial score (nSPS) is 17.8. The summed E-state index contributed by atoms with van der Waals surface area (Å²) in [6.07, 6.45) is 4.24. The quantitative estimate of drug-likeness (QED) is 0.941. The van der Waals surface area contributed by atoms with Gasteiger partial charge < -0.3 is 9.63 Å². The predicted octanol–water partition coefficient (Wildman–Crippen LogP) is 3.35. The third kappa shape index (κ3) is 2.87. The van der Waals surface area contributed by atoms with Gasteiger partial charge in [0.1, 0.15) is 0 Å². The number of hydrogen-bond donors (Lipinski definition) is 1. The van der Waals surface area contributed by atoms with Crippen LogP contribution in [0.25, 0.3) is 11.4 Å². The lowest BCUT2D eigenvalue weighted by Crippen LogP contribution is -2.27. The maximum Gasteiger partial charge on any atom is 0.229 e. The van der Waals surface area contributed by atoms with Gasteiger partial charge in [-0.15, -0.1) is 0 Å². The molecule has 100 valence electrons. The average Bonchev–Trinajstić information content (AvgIpc) is 2.99. The number of benzene rings is 1. The van der Waals surface area contributed by atoms with Crippen LogP contribution in [0.2, 0.25) is 0 Å². The van der Waals surface area contributed by atoms with Crippen LogP contribution >= 0.6 is 15.9 Å². The van der Waals surface area contributed by atoms with Crippen molar-refractivity contribution in [2.75, 3.05) is 0 Å². The van der Waals surface area contributed by atoms with Crippen LogP contribution in [0.5, 0.6) is 0 Å². The molecule has 0 aliphatic heterocycles. The van der Waals surface area contributed by atoms with E-state index in [0.717, 1.165) is 35.7 Å². The average molecular weight is 323 g/mol. The molecule has 0 amide bonds. The van der Waals surface area contributed by atoms with E-state index in [4.69, 9.17) is 4.52 Å². The van der Waals surface area contributed by atoms with Crippen LogP contribution < -0.4 is 0 Å². The Morgan fingerprint density at radius 2 is 2.11 bits per heavy atom. The molecule has 2 aromatic rings. The zero-order chi connectivity index (χ0) is 13.3. The van der Waals surface area contributed by atoms with Gasteiger partial charge in [-0.2, -0.15) is 4.98 Å². The molecule has 0 radical (unpaired) electrons. The molecule has 1 N–H and O–H groups in total. The van der Waals surface area contributed by atoms with Gasteiger partial charge in [-0.1, -0.05) is 46.1 Å². The van der Waals surface area contributed by atoms with E-state index in [9.17, 15) is 5.11 Å². The van der Waals surface area contributed by atoms with Gasteiger partial charge in [0, 0.05) is 10.0 Å². The topological polar surface area (TPSA) is 59.2 Å². The molecule has 0 unspecified atom stereocenters. The van der Waals surface area contributed by atoms with E-state index >= 15 is 0 Å². The Morgan fingerprint density at radius 1 is 1.32 bits per heavy atom. The molecule has 1 aromatic carbocycles. The molecule has 0 saturated heterocycles. The van der Waals surface area contributed by atoms with E-state index in [1.54, 1.807) is 0 Å². The Kier molecular flexibility index (Phi) is 3.41. The molecule has 0 atom stereocenters. The summed E-state index contributed by atoms with van der Waals surface area (Å²) in [5.41, 5.74) is 0.254. The molecule has 0 spiro atoms. The van der Waals surface area contributed by atoms with Crippen LogP contribution in [0.4, 0.5) is 0 Å². The SMILES string of the molecule is OC1(Cc2nc(-c3cccc(Br)c3)no2)CCCC1. The van der Waals surface area contributed by atoms with E-state index in [1.807, 2.05) is 24.3 Å². The molecule has 1 fully saturated rings. The molecule has 1 aliphatic rings. The van der Waals surface area contributed by atoms with Crippen LogP contribution in [0, 0.1) is 0 Å². The minimum Gasteiger partial charge on any atom is -0.389 e. The summed E-state index contributed by atoms with van der Waals surface area (Å²) in [6, 6.07) is 7.76. The largest absolute Gasteiger partial charge is 0.389 e. The van der Waals surface area contributed by atoms with E-state index in [1.165, 1.54) is 0 Å². The molecule has 5 heteroatoms. The third-order valence-electron chi connectivity index (χ3n) is 3.57. The first-order valence-electron chi connectivity index (χ1n) is 6.46. The summed E-state index contributed by atoms with van der Waals surface area (Å²) >= 11 is 3.42. The van der Waals surface area contributed by atoms with Crippen molar-refractivity contribution in [2.24, 2.45) is 0 Å². The van der Waals surface area contributed by atoms with Crippen molar-refractivity contribution >= 4 is 15.9 Å². The number of hydrogen-bond acceptors (Lipinski definition) is 4. The highest BCUT2D eigenvalue weighted by molar-refractivity contribution is 9.10. The van der Waals surface area contributed by atoms with Crippen LogP contribution in [0.1, 0.15) is 31.6 Å². The molecule has 1 aromatic heterocycles. The zero-order valence-corrected chi connectivity index (χ0v) is 12.1. The maximum atomic E-state index is 10.3. The first-order chi connectivity index (χ1) is 9.15. The van der Waals surface area contributed by atoms with E-state index in [0.29, 0.717) is 18.1 Å². The molecular weight excluding hydrogens is 308 g/mol. The molecular formula is C14H15BrN2O2. The second-order valence-electron chi connectivity index (χ2n) is 5.13. The number of aliphatic hydroxyl groups is 1. The fourth-order valence-electron chi connectivity index (χ4n) is 2.56. The molecule has 0 bridgehead atoms. The zero-order valence-electron chi connectivity index (χ0n) is 10.5. The van der Waals surface area contributed by atoms with Gasteiger partial charge in [0.15, 0.2) is 0 Å². The van der Waals surface area contributed by atoms with Crippen LogP contribution in [0.3, 0.4) is 0 Å². The summed E-state index contributed by atoms with van der Waals surface area (Å²) in [5, 5.41) is 14.3. The van der Waals surface area contributed by atoms with Crippen molar-refractivity contribution < 1.29 is 9.63 Å². The summed E-state index contributed by atoms with van der Waals surface area (Å²) in [7, 11) is 0.